The topological polar surface area (TPSA) is 59.5 Å². The average molecular weight is 271 g/mol. The van der Waals surface area contributed by atoms with Gasteiger partial charge in [-0.15, -0.1) is 5.10 Å². The standard InChI is InChI=1S/C15H21N5/c1-10-4-5-20-14(6-10)17-15(18-20)19-8-11-2-3-13(16)7-12(11)9-19/h4-6,11-13H,2-3,7-9,16H2,1H3/t11-,12+,13?/m1/s1. The summed E-state index contributed by atoms with van der Waals surface area (Å²) in [6.45, 7) is 4.24. The van der Waals surface area contributed by atoms with E-state index in [0.717, 1.165) is 42.9 Å². The van der Waals surface area contributed by atoms with Gasteiger partial charge in [0.05, 0.1) is 0 Å². The minimum absolute atomic E-state index is 0.396. The predicted molar refractivity (Wildman–Crippen MR) is 78.7 cm³/mol. The Hall–Kier alpha value is -1.62. The maximum absolute atomic E-state index is 6.10. The third-order valence-electron chi connectivity index (χ3n) is 4.85. The lowest BCUT2D eigenvalue weighted by molar-refractivity contribution is 0.271. The van der Waals surface area contributed by atoms with Crippen LogP contribution in [0.25, 0.3) is 5.65 Å². The van der Waals surface area contributed by atoms with Crippen molar-refractivity contribution in [3.8, 4) is 0 Å². The molecule has 0 amide bonds. The Labute approximate surface area is 118 Å². The highest BCUT2D eigenvalue weighted by molar-refractivity contribution is 5.47. The van der Waals surface area contributed by atoms with Crippen LogP contribution in [0.4, 0.5) is 5.95 Å². The Balaban J connectivity index is 1.60. The van der Waals surface area contributed by atoms with E-state index in [2.05, 4.69) is 34.0 Å². The van der Waals surface area contributed by atoms with Crippen molar-refractivity contribution in [3.63, 3.8) is 0 Å². The predicted octanol–water partition coefficient (Wildman–Crippen LogP) is 1.60. The van der Waals surface area contributed by atoms with Gasteiger partial charge >= 0.3 is 0 Å². The molecule has 3 atom stereocenters. The van der Waals surface area contributed by atoms with Crippen LogP contribution in [0.5, 0.6) is 0 Å². The van der Waals surface area contributed by atoms with Crippen LogP contribution in [-0.4, -0.2) is 33.7 Å². The van der Waals surface area contributed by atoms with Crippen molar-refractivity contribution < 1.29 is 0 Å². The fourth-order valence-corrected chi connectivity index (χ4v) is 3.74. The normalized spacial score (nSPS) is 29.9. The van der Waals surface area contributed by atoms with Gasteiger partial charge in [-0.25, -0.2) is 4.52 Å². The van der Waals surface area contributed by atoms with Gasteiger partial charge < -0.3 is 10.6 Å². The number of aryl methyl sites for hydroxylation is 1. The summed E-state index contributed by atoms with van der Waals surface area (Å²) in [5, 5.41) is 4.61. The van der Waals surface area contributed by atoms with Gasteiger partial charge in [0.15, 0.2) is 5.65 Å². The highest BCUT2D eigenvalue weighted by Gasteiger charge is 2.37. The molecule has 0 spiro atoms. The Bertz CT molecular complexity index is 634. The van der Waals surface area contributed by atoms with E-state index in [9.17, 15) is 0 Å². The molecule has 20 heavy (non-hydrogen) atoms. The van der Waals surface area contributed by atoms with E-state index >= 15 is 0 Å². The molecule has 1 saturated heterocycles. The van der Waals surface area contributed by atoms with E-state index in [1.807, 2.05) is 10.7 Å². The van der Waals surface area contributed by atoms with Crippen molar-refractivity contribution >= 4 is 11.6 Å². The van der Waals surface area contributed by atoms with Crippen molar-refractivity contribution in [3.05, 3.63) is 23.9 Å². The Morgan fingerprint density at radius 1 is 1.25 bits per heavy atom. The quantitative estimate of drug-likeness (QED) is 0.856. The summed E-state index contributed by atoms with van der Waals surface area (Å²) in [7, 11) is 0. The molecule has 3 heterocycles. The van der Waals surface area contributed by atoms with Crippen LogP contribution >= 0.6 is 0 Å². The number of hydrogen-bond donors (Lipinski definition) is 1. The lowest BCUT2D eigenvalue weighted by Gasteiger charge is -2.27. The van der Waals surface area contributed by atoms with E-state index in [-0.39, 0.29) is 0 Å². The smallest absolute Gasteiger partial charge is 0.245 e. The number of anilines is 1. The number of nitrogens with zero attached hydrogens (tertiary/aromatic N) is 4. The molecule has 5 heteroatoms. The second-order valence-corrected chi connectivity index (χ2v) is 6.42. The lowest BCUT2D eigenvalue weighted by Crippen LogP contribution is -2.32. The number of fused-ring (bicyclic) bond motifs is 2. The molecule has 1 unspecified atom stereocenters. The first-order chi connectivity index (χ1) is 9.69. The Morgan fingerprint density at radius 3 is 3.00 bits per heavy atom. The van der Waals surface area contributed by atoms with E-state index in [0.29, 0.717) is 6.04 Å². The van der Waals surface area contributed by atoms with E-state index in [4.69, 9.17) is 5.73 Å². The first-order valence-corrected chi connectivity index (χ1v) is 7.52. The number of hydrogen-bond acceptors (Lipinski definition) is 4. The molecule has 2 N–H and O–H groups in total. The van der Waals surface area contributed by atoms with Crippen LogP contribution in [0.1, 0.15) is 24.8 Å². The summed E-state index contributed by atoms with van der Waals surface area (Å²) in [5.74, 6) is 2.38. The monoisotopic (exact) mass is 271 g/mol. The molecule has 1 aliphatic carbocycles. The molecule has 0 bridgehead atoms. The van der Waals surface area contributed by atoms with Crippen LogP contribution in [0.15, 0.2) is 18.3 Å². The Kier molecular flexibility index (Phi) is 2.70. The first kappa shape index (κ1) is 12.1. The lowest BCUT2D eigenvalue weighted by atomic mass is 9.79. The zero-order valence-electron chi connectivity index (χ0n) is 11.9. The molecular weight excluding hydrogens is 250 g/mol. The summed E-state index contributed by atoms with van der Waals surface area (Å²) in [4.78, 5) is 7.02. The number of nitrogens with two attached hydrogens (primary N) is 1. The zero-order valence-corrected chi connectivity index (χ0v) is 11.9. The maximum Gasteiger partial charge on any atom is 0.245 e. The molecule has 1 aliphatic heterocycles. The number of rotatable bonds is 1. The fraction of sp³-hybridized carbons (Fsp3) is 0.600. The largest absolute Gasteiger partial charge is 0.339 e. The molecule has 0 radical (unpaired) electrons. The summed E-state index contributed by atoms with van der Waals surface area (Å²) in [6, 6.07) is 4.54. The van der Waals surface area contributed by atoms with Gasteiger partial charge in [-0.1, -0.05) is 0 Å². The molecular formula is C15H21N5. The van der Waals surface area contributed by atoms with Crippen molar-refractivity contribution in [1.82, 2.24) is 14.6 Å². The maximum atomic E-state index is 6.10. The summed E-state index contributed by atoms with van der Waals surface area (Å²) < 4.78 is 1.87. The van der Waals surface area contributed by atoms with Gasteiger partial charge in [0, 0.05) is 25.3 Å². The van der Waals surface area contributed by atoms with Crippen LogP contribution in [-0.2, 0) is 0 Å². The van der Waals surface area contributed by atoms with E-state index in [1.54, 1.807) is 0 Å². The summed E-state index contributed by atoms with van der Waals surface area (Å²) >= 11 is 0. The molecule has 2 aliphatic rings. The highest BCUT2D eigenvalue weighted by Crippen LogP contribution is 2.36. The molecule has 2 fully saturated rings. The molecule has 106 valence electrons. The summed E-state index contributed by atoms with van der Waals surface area (Å²) in [6.07, 6.45) is 5.58. The average Bonchev–Trinajstić information content (AvgIpc) is 3.00. The second-order valence-electron chi connectivity index (χ2n) is 6.42. The Morgan fingerprint density at radius 2 is 2.10 bits per heavy atom. The SMILES string of the molecule is Cc1ccn2nc(N3C[C@H]4CCC(N)C[C@H]4C3)nc2c1. The zero-order chi connectivity index (χ0) is 13.7. The van der Waals surface area contributed by atoms with Gasteiger partial charge in [0.1, 0.15) is 0 Å². The molecule has 1 saturated carbocycles. The molecule has 5 nitrogen and oxygen atoms in total. The summed E-state index contributed by atoms with van der Waals surface area (Å²) in [5.41, 5.74) is 8.26. The first-order valence-electron chi connectivity index (χ1n) is 7.52. The number of pyridine rings is 1. The fourth-order valence-electron chi connectivity index (χ4n) is 3.74. The number of aromatic nitrogens is 3. The molecule has 2 aromatic rings. The minimum Gasteiger partial charge on any atom is -0.339 e. The van der Waals surface area contributed by atoms with Crippen LogP contribution in [0, 0.1) is 18.8 Å². The van der Waals surface area contributed by atoms with Crippen molar-refractivity contribution in [2.75, 3.05) is 18.0 Å². The van der Waals surface area contributed by atoms with Gasteiger partial charge in [0.2, 0.25) is 5.95 Å². The van der Waals surface area contributed by atoms with E-state index < -0.39 is 0 Å². The van der Waals surface area contributed by atoms with Gasteiger partial charge in [-0.2, -0.15) is 4.98 Å². The van der Waals surface area contributed by atoms with Crippen LogP contribution in [0.2, 0.25) is 0 Å². The molecule has 0 aromatic carbocycles. The third kappa shape index (κ3) is 1.97. The third-order valence-corrected chi connectivity index (χ3v) is 4.85. The van der Waals surface area contributed by atoms with Crippen molar-refractivity contribution in [2.24, 2.45) is 17.6 Å². The molecule has 4 rings (SSSR count). The van der Waals surface area contributed by atoms with Crippen LogP contribution < -0.4 is 10.6 Å². The van der Waals surface area contributed by atoms with Gasteiger partial charge in [-0.05, 0) is 55.7 Å². The van der Waals surface area contributed by atoms with Crippen molar-refractivity contribution in [1.29, 1.82) is 0 Å². The van der Waals surface area contributed by atoms with Gasteiger partial charge in [-0.3, -0.25) is 0 Å². The highest BCUT2D eigenvalue weighted by atomic mass is 15.4. The molecule has 2 aromatic heterocycles. The van der Waals surface area contributed by atoms with E-state index in [1.165, 1.54) is 18.4 Å². The second kappa shape index (κ2) is 4.45. The van der Waals surface area contributed by atoms with Crippen LogP contribution in [0.3, 0.4) is 0 Å². The minimum atomic E-state index is 0.396. The van der Waals surface area contributed by atoms with Gasteiger partial charge in [0.25, 0.3) is 0 Å². The van der Waals surface area contributed by atoms with Crippen molar-refractivity contribution in [2.45, 2.75) is 32.2 Å².